The lowest BCUT2D eigenvalue weighted by Crippen LogP contribution is -2.31. The zero-order valence-corrected chi connectivity index (χ0v) is 10.2. The average molecular weight is 235 g/mol. The second-order valence-electron chi connectivity index (χ2n) is 2.31. The molecule has 5 heteroatoms. The van der Waals surface area contributed by atoms with Gasteiger partial charge in [0.2, 0.25) is 0 Å². The van der Waals surface area contributed by atoms with E-state index < -0.39 is 0 Å². The molecule has 1 amide bonds. The second-order valence-corrected chi connectivity index (χ2v) is 5.37. The van der Waals surface area contributed by atoms with Gasteiger partial charge in [-0.25, -0.2) is 5.48 Å². The SMILES string of the molecule is C=CCONC(=O)C(SCC)SCC. The van der Waals surface area contributed by atoms with Crippen LogP contribution in [0.2, 0.25) is 0 Å². The van der Waals surface area contributed by atoms with E-state index in [0.29, 0.717) is 6.61 Å². The minimum Gasteiger partial charge on any atom is -0.271 e. The van der Waals surface area contributed by atoms with E-state index in [1.165, 1.54) is 0 Å². The first-order valence-electron chi connectivity index (χ1n) is 4.52. The fourth-order valence-corrected chi connectivity index (χ4v) is 2.93. The summed E-state index contributed by atoms with van der Waals surface area (Å²) in [6, 6.07) is 0. The second kappa shape index (κ2) is 9.43. The number of nitrogens with one attached hydrogen (secondary N) is 1. The lowest BCUT2D eigenvalue weighted by atomic mass is 10.7. The van der Waals surface area contributed by atoms with Crippen LogP contribution in [0.4, 0.5) is 0 Å². The van der Waals surface area contributed by atoms with Crippen molar-refractivity contribution in [1.29, 1.82) is 0 Å². The van der Waals surface area contributed by atoms with Crippen molar-refractivity contribution >= 4 is 29.4 Å². The van der Waals surface area contributed by atoms with Gasteiger partial charge in [0.15, 0.2) is 0 Å². The maximum Gasteiger partial charge on any atom is 0.266 e. The molecule has 0 rings (SSSR count). The van der Waals surface area contributed by atoms with Gasteiger partial charge in [-0.2, -0.15) is 0 Å². The smallest absolute Gasteiger partial charge is 0.266 e. The number of hydrogen-bond acceptors (Lipinski definition) is 4. The first-order chi connectivity index (χ1) is 6.76. The van der Waals surface area contributed by atoms with Crippen LogP contribution in [0.3, 0.4) is 0 Å². The molecule has 0 aliphatic rings. The molecule has 0 heterocycles. The Kier molecular flexibility index (Phi) is 9.34. The van der Waals surface area contributed by atoms with E-state index in [2.05, 4.69) is 12.1 Å². The first kappa shape index (κ1) is 13.9. The van der Waals surface area contributed by atoms with Gasteiger partial charge >= 0.3 is 0 Å². The fourth-order valence-electron chi connectivity index (χ4n) is 0.722. The number of carbonyl (C=O) groups excluding carboxylic acids is 1. The molecule has 0 unspecified atom stereocenters. The zero-order chi connectivity index (χ0) is 10.8. The van der Waals surface area contributed by atoms with Crippen LogP contribution in [0.1, 0.15) is 13.8 Å². The monoisotopic (exact) mass is 235 g/mol. The number of carbonyl (C=O) groups is 1. The van der Waals surface area contributed by atoms with Gasteiger partial charge in [-0.3, -0.25) is 9.63 Å². The Balaban J connectivity index is 3.81. The Bertz CT molecular complexity index is 170. The summed E-state index contributed by atoms with van der Waals surface area (Å²) in [4.78, 5) is 16.4. The Morgan fingerprint density at radius 1 is 1.50 bits per heavy atom. The lowest BCUT2D eigenvalue weighted by Gasteiger charge is -2.13. The Morgan fingerprint density at radius 2 is 2.07 bits per heavy atom. The van der Waals surface area contributed by atoms with E-state index in [-0.39, 0.29) is 10.5 Å². The molecule has 0 saturated heterocycles. The summed E-state index contributed by atoms with van der Waals surface area (Å²) in [7, 11) is 0. The van der Waals surface area contributed by atoms with Crippen LogP contribution in [0.15, 0.2) is 12.7 Å². The van der Waals surface area contributed by atoms with Crippen molar-refractivity contribution < 1.29 is 9.63 Å². The highest BCUT2D eigenvalue weighted by atomic mass is 32.2. The molecule has 0 radical (unpaired) electrons. The number of amides is 1. The van der Waals surface area contributed by atoms with Crippen molar-refractivity contribution in [3.05, 3.63) is 12.7 Å². The highest BCUT2D eigenvalue weighted by Crippen LogP contribution is 2.23. The van der Waals surface area contributed by atoms with Crippen LogP contribution < -0.4 is 5.48 Å². The Morgan fingerprint density at radius 3 is 2.50 bits per heavy atom. The highest BCUT2D eigenvalue weighted by Gasteiger charge is 2.17. The summed E-state index contributed by atoms with van der Waals surface area (Å²) in [5.74, 6) is 1.77. The van der Waals surface area contributed by atoms with Crippen LogP contribution in [-0.4, -0.2) is 28.6 Å². The van der Waals surface area contributed by atoms with Crippen LogP contribution in [0, 0.1) is 0 Å². The molecule has 0 atom stereocenters. The van der Waals surface area contributed by atoms with E-state index in [4.69, 9.17) is 4.84 Å². The fraction of sp³-hybridized carbons (Fsp3) is 0.667. The highest BCUT2D eigenvalue weighted by molar-refractivity contribution is 8.18. The molecular weight excluding hydrogens is 218 g/mol. The van der Waals surface area contributed by atoms with E-state index >= 15 is 0 Å². The summed E-state index contributed by atoms with van der Waals surface area (Å²) in [6.45, 7) is 7.89. The molecule has 14 heavy (non-hydrogen) atoms. The lowest BCUT2D eigenvalue weighted by molar-refractivity contribution is -0.130. The largest absolute Gasteiger partial charge is 0.271 e. The normalized spacial score (nSPS) is 10.2. The van der Waals surface area contributed by atoms with Crippen molar-refractivity contribution in [1.82, 2.24) is 5.48 Å². The van der Waals surface area contributed by atoms with E-state index in [9.17, 15) is 4.79 Å². The third kappa shape index (κ3) is 6.34. The minimum atomic E-state index is -0.0782. The predicted molar refractivity (Wildman–Crippen MR) is 64.3 cm³/mol. The van der Waals surface area contributed by atoms with Gasteiger partial charge in [0, 0.05) is 0 Å². The summed E-state index contributed by atoms with van der Waals surface area (Å²) in [6.07, 6.45) is 1.59. The van der Waals surface area contributed by atoms with Crippen LogP contribution in [0.25, 0.3) is 0 Å². The van der Waals surface area contributed by atoms with Crippen molar-refractivity contribution in [2.24, 2.45) is 0 Å². The maximum absolute atomic E-state index is 11.5. The predicted octanol–water partition coefficient (Wildman–Crippen LogP) is 2.05. The van der Waals surface area contributed by atoms with Crippen molar-refractivity contribution in [2.45, 2.75) is 18.4 Å². The summed E-state index contributed by atoms with van der Waals surface area (Å²) in [5, 5.41) is 0. The molecule has 0 spiro atoms. The van der Waals surface area contributed by atoms with Crippen molar-refractivity contribution in [3.63, 3.8) is 0 Å². The average Bonchev–Trinajstić information content (AvgIpc) is 2.18. The molecule has 0 saturated carbocycles. The van der Waals surface area contributed by atoms with Gasteiger partial charge in [-0.15, -0.1) is 30.1 Å². The summed E-state index contributed by atoms with van der Waals surface area (Å²) >= 11 is 3.22. The number of rotatable bonds is 8. The summed E-state index contributed by atoms with van der Waals surface area (Å²) < 4.78 is -0.0742. The third-order valence-corrected chi connectivity index (χ3v) is 3.74. The van der Waals surface area contributed by atoms with Gasteiger partial charge in [0.25, 0.3) is 5.91 Å². The van der Waals surface area contributed by atoms with Gasteiger partial charge in [0.1, 0.15) is 4.58 Å². The molecule has 3 nitrogen and oxygen atoms in total. The minimum absolute atomic E-state index is 0.0742. The summed E-state index contributed by atoms with van der Waals surface area (Å²) in [5.41, 5.74) is 2.40. The Labute approximate surface area is 94.0 Å². The first-order valence-corrected chi connectivity index (χ1v) is 6.61. The number of thioether (sulfide) groups is 2. The molecule has 82 valence electrons. The van der Waals surface area contributed by atoms with Crippen molar-refractivity contribution in [3.8, 4) is 0 Å². The molecule has 0 aliphatic heterocycles. The van der Waals surface area contributed by atoms with Crippen molar-refractivity contribution in [2.75, 3.05) is 18.1 Å². The molecule has 0 aromatic heterocycles. The van der Waals surface area contributed by atoms with Crippen LogP contribution in [0.5, 0.6) is 0 Å². The Hall–Kier alpha value is -0.130. The quantitative estimate of drug-likeness (QED) is 0.302. The number of hydroxylamine groups is 1. The molecule has 0 bridgehead atoms. The third-order valence-electron chi connectivity index (χ3n) is 1.22. The van der Waals surface area contributed by atoms with Gasteiger partial charge in [0.05, 0.1) is 6.61 Å². The van der Waals surface area contributed by atoms with Crippen LogP contribution in [-0.2, 0) is 9.63 Å². The van der Waals surface area contributed by atoms with E-state index in [1.807, 2.05) is 13.8 Å². The van der Waals surface area contributed by atoms with Crippen LogP contribution >= 0.6 is 23.5 Å². The van der Waals surface area contributed by atoms with E-state index in [1.54, 1.807) is 29.6 Å². The molecule has 0 aliphatic carbocycles. The molecule has 0 fully saturated rings. The van der Waals surface area contributed by atoms with Gasteiger partial charge in [-0.1, -0.05) is 19.9 Å². The number of hydrogen-bond donors (Lipinski definition) is 1. The van der Waals surface area contributed by atoms with Gasteiger partial charge in [-0.05, 0) is 11.5 Å². The standard InChI is InChI=1S/C9H17NO2S2/c1-4-7-12-10-8(11)9(13-5-2)14-6-3/h4,9H,1,5-7H2,2-3H3,(H,10,11). The molecule has 0 aromatic rings. The zero-order valence-electron chi connectivity index (χ0n) is 8.62. The van der Waals surface area contributed by atoms with E-state index in [0.717, 1.165) is 11.5 Å². The topological polar surface area (TPSA) is 38.3 Å². The molecule has 0 aromatic carbocycles. The maximum atomic E-state index is 11.5. The van der Waals surface area contributed by atoms with Gasteiger partial charge < -0.3 is 0 Å². The molecular formula is C9H17NO2S2. The molecule has 1 N–H and O–H groups in total.